The molecule has 1 aromatic carbocycles. The van der Waals surface area contributed by atoms with Crippen LogP contribution in [0.2, 0.25) is 0 Å². The summed E-state index contributed by atoms with van der Waals surface area (Å²) in [4.78, 5) is 13.9. The summed E-state index contributed by atoms with van der Waals surface area (Å²) in [6, 6.07) is 4.25. The summed E-state index contributed by atoms with van der Waals surface area (Å²) in [6.45, 7) is 4.35. The Morgan fingerprint density at radius 3 is 2.67 bits per heavy atom. The first kappa shape index (κ1) is 15.1. The Kier molecular flexibility index (Phi) is 5.75. The molecule has 0 aromatic heterocycles. The summed E-state index contributed by atoms with van der Waals surface area (Å²) < 4.78 is 13.4. The number of halogens is 2. The predicted octanol–water partition coefficient (Wildman–Crippen LogP) is 2.82. The molecule has 0 fully saturated rings. The molecule has 0 aliphatic rings. The fraction of sp³-hybridized carbons (Fsp3) is 0.462. The van der Waals surface area contributed by atoms with E-state index in [1.807, 2.05) is 13.8 Å². The molecule has 18 heavy (non-hydrogen) atoms. The van der Waals surface area contributed by atoms with Gasteiger partial charge in [-0.2, -0.15) is 0 Å². The summed E-state index contributed by atoms with van der Waals surface area (Å²) in [5.74, 6) is -0.544. The van der Waals surface area contributed by atoms with Crippen LogP contribution in [0.1, 0.15) is 30.6 Å². The number of hydrogen-bond donors (Lipinski definition) is 1. The molecule has 100 valence electrons. The smallest absolute Gasteiger partial charge is 0.254 e. The van der Waals surface area contributed by atoms with Gasteiger partial charge in [-0.1, -0.05) is 0 Å². The average molecular weight is 318 g/mol. The largest absolute Gasteiger partial charge is 0.396 e. The zero-order valence-electron chi connectivity index (χ0n) is 10.5. The van der Waals surface area contributed by atoms with E-state index in [1.165, 1.54) is 18.2 Å². The Labute approximate surface area is 115 Å². The van der Waals surface area contributed by atoms with Crippen molar-refractivity contribution in [2.24, 2.45) is 0 Å². The number of carbonyl (C=O) groups is 1. The maximum atomic E-state index is 13.1. The van der Waals surface area contributed by atoms with Crippen LogP contribution in [0.4, 0.5) is 4.39 Å². The minimum absolute atomic E-state index is 0.0351. The van der Waals surface area contributed by atoms with E-state index in [-0.39, 0.29) is 23.0 Å². The molecular weight excluding hydrogens is 301 g/mol. The van der Waals surface area contributed by atoms with E-state index in [4.69, 9.17) is 5.11 Å². The van der Waals surface area contributed by atoms with E-state index in [2.05, 4.69) is 15.9 Å². The molecule has 0 unspecified atom stereocenters. The second-order valence-electron chi connectivity index (χ2n) is 4.30. The topological polar surface area (TPSA) is 40.5 Å². The van der Waals surface area contributed by atoms with Gasteiger partial charge in [0.1, 0.15) is 5.82 Å². The van der Waals surface area contributed by atoms with Gasteiger partial charge in [-0.15, -0.1) is 0 Å². The van der Waals surface area contributed by atoms with Gasteiger partial charge in [-0.3, -0.25) is 4.79 Å². The van der Waals surface area contributed by atoms with E-state index in [9.17, 15) is 9.18 Å². The van der Waals surface area contributed by atoms with Crippen LogP contribution in [0.25, 0.3) is 0 Å². The lowest BCUT2D eigenvalue weighted by molar-refractivity contribution is 0.0693. The number of benzene rings is 1. The van der Waals surface area contributed by atoms with E-state index in [1.54, 1.807) is 4.90 Å². The van der Waals surface area contributed by atoms with Crippen molar-refractivity contribution >= 4 is 21.8 Å². The first-order chi connectivity index (χ1) is 8.47. The predicted molar refractivity (Wildman–Crippen MR) is 72.0 cm³/mol. The van der Waals surface area contributed by atoms with E-state index in [0.717, 1.165) is 0 Å². The van der Waals surface area contributed by atoms with Crippen LogP contribution in [0.3, 0.4) is 0 Å². The molecule has 1 amide bonds. The third-order valence-electron chi connectivity index (χ3n) is 2.61. The SMILES string of the molecule is CC(C)N(CCCO)C(=O)c1ccc(F)c(Br)c1. The molecule has 1 rings (SSSR count). The quantitative estimate of drug-likeness (QED) is 0.907. The summed E-state index contributed by atoms with van der Waals surface area (Å²) >= 11 is 3.07. The molecule has 0 radical (unpaired) electrons. The van der Waals surface area contributed by atoms with Crippen molar-refractivity contribution in [2.45, 2.75) is 26.3 Å². The molecule has 3 nitrogen and oxygen atoms in total. The summed E-state index contributed by atoms with van der Waals surface area (Å²) in [6.07, 6.45) is 0.534. The van der Waals surface area contributed by atoms with Crippen molar-refractivity contribution < 1.29 is 14.3 Å². The molecule has 0 spiro atoms. The summed E-state index contributed by atoms with van der Waals surface area (Å²) in [5.41, 5.74) is 0.440. The highest BCUT2D eigenvalue weighted by molar-refractivity contribution is 9.10. The number of carbonyl (C=O) groups excluding carboxylic acids is 1. The maximum Gasteiger partial charge on any atom is 0.254 e. The molecule has 1 N–H and O–H groups in total. The van der Waals surface area contributed by atoms with E-state index in [0.29, 0.717) is 18.5 Å². The number of aliphatic hydroxyl groups excluding tert-OH is 1. The normalized spacial score (nSPS) is 10.8. The zero-order chi connectivity index (χ0) is 13.7. The van der Waals surface area contributed by atoms with Gasteiger partial charge in [0.15, 0.2) is 0 Å². The summed E-state index contributed by atoms with van der Waals surface area (Å²) in [7, 11) is 0. The number of amides is 1. The van der Waals surface area contributed by atoms with Gasteiger partial charge in [-0.05, 0) is 54.4 Å². The third kappa shape index (κ3) is 3.78. The van der Waals surface area contributed by atoms with Crippen LogP contribution in [0.15, 0.2) is 22.7 Å². The Balaban J connectivity index is 2.91. The van der Waals surface area contributed by atoms with E-state index >= 15 is 0 Å². The van der Waals surface area contributed by atoms with Gasteiger partial charge < -0.3 is 10.0 Å². The third-order valence-corrected chi connectivity index (χ3v) is 3.22. The molecular formula is C13H17BrFNO2. The lowest BCUT2D eigenvalue weighted by Crippen LogP contribution is -2.38. The van der Waals surface area contributed by atoms with Crippen LogP contribution in [0, 0.1) is 5.82 Å². The Morgan fingerprint density at radius 2 is 2.17 bits per heavy atom. The Morgan fingerprint density at radius 1 is 1.50 bits per heavy atom. The number of nitrogens with zero attached hydrogens (tertiary/aromatic N) is 1. The average Bonchev–Trinajstić information content (AvgIpc) is 2.32. The highest BCUT2D eigenvalue weighted by atomic mass is 79.9. The van der Waals surface area contributed by atoms with Gasteiger partial charge in [0, 0.05) is 24.8 Å². The van der Waals surface area contributed by atoms with Gasteiger partial charge in [0.05, 0.1) is 4.47 Å². The van der Waals surface area contributed by atoms with Crippen LogP contribution in [-0.2, 0) is 0 Å². The van der Waals surface area contributed by atoms with Gasteiger partial charge in [0.2, 0.25) is 0 Å². The Hall–Kier alpha value is -0.940. The second-order valence-corrected chi connectivity index (χ2v) is 5.15. The molecule has 1 aromatic rings. The first-order valence-electron chi connectivity index (χ1n) is 5.84. The summed E-state index contributed by atoms with van der Waals surface area (Å²) in [5, 5.41) is 8.83. The van der Waals surface area contributed by atoms with Crippen LogP contribution in [-0.4, -0.2) is 35.1 Å². The van der Waals surface area contributed by atoms with Crippen molar-refractivity contribution in [3.63, 3.8) is 0 Å². The Bertz CT molecular complexity index is 423. The second kappa shape index (κ2) is 6.85. The highest BCUT2D eigenvalue weighted by Gasteiger charge is 2.19. The van der Waals surface area contributed by atoms with Crippen molar-refractivity contribution in [1.82, 2.24) is 4.90 Å². The molecule has 0 saturated carbocycles. The number of aliphatic hydroxyl groups is 1. The minimum atomic E-state index is -0.391. The molecule has 0 heterocycles. The van der Waals surface area contributed by atoms with Crippen LogP contribution >= 0.6 is 15.9 Å². The zero-order valence-corrected chi connectivity index (χ0v) is 12.1. The highest BCUT2D eigenvalue weighted by Crippen LogP contribution is 2.18. The molecule has 0 bridgehead atoms. The molecule has 0 aliphatic heterocycles. The van der Waals surface area contributed by atoms with Gasteiger partial charge in [0.25, 0.3) is 5.91 Å². The van der Waals surface area contributed by atoms with Crippen molar-refractivity contribution in [2.75, 3.05) is 13.2 Å². The lowest BCUT2D eigenvalue weighted by atomic mass is 10.1. The number of rotatable bonds is 5. The van der Waals surface area contributed by atoms with E-state index < -0.39 is 5.82 Å². The number of hydrogen-bond acceptors (Lipinski definition) is 2. The fourth-order valence-electron chi connectivity index (χ4n) is 1.63. The van der Waals surface area contributed by atoms with Gasteiger partial charge in [-0.25, -0.2) is 4.39 Å². The van der Waals surface area contributed by atoms with Crippen LogP contribution in [0.5, 0.6) is 0 Å². The standard InChI is InChI=1S/C13H17BrFNO2/c1-9(2)16(6-3-7-17)13(18)10-4-5-12(15)11(14)8-10/h4-5,8-9,17H,3,6-7H2,1-2H3. The first-order valence-corrected chi connectivity index (χ1v) is 6.63. The molecule has 0 atom stereocenters. The molecule has 5 heteroatoms. The lowest BCUT2D eigenvalue weighted by Gasteiger charge is -2.26. The van der Waals surface area contributed by atoms with Gasteiger partial charge >= 0.3 is 0 Å². The molecule has 0 saturated heterocycles. The van der Waals surface area contributed by atoms with Crippen LogP contribution < -0.4 is 0 Å². The maximum absolute atomic E-state index is 13.1. The van der Waals surface area contributed by atoms with Crippen molar-refractivity contribution in [1.29, 1.82) is 0 Å². The van der Waals surface area contributed by atoms with Crippen molar-refractivity contribution in [3.8, 4) is 0 Å². The minimum Gasteiger partial charge on any atom is -0.396 e. The fourth-order valence-corrected chi connectivity index (χ4v) is 2.01. The van der Waals surface area contributed by atoms with Crippen molar-refractivity contribution in [3.05, 3.63) is 34.1 Å². The monoisotopic (exact) mass is 317 g/mol. The molecule has 0 aliphatic carbocycles.